The van der Waals surface area contributed by atoms with E-state index >= 15 is 0 Å². The summed E-state index contributed by atoms with van der Waals surface area (Å²) in [5, 5.41) is 20.9. The maximum atomic E-state index is 12.2. The Morgan fingerprint density at radius 2 is 2.04 bits per heavy atom. The Labute approximate surface area is 136 Å². The first-order valence-corrected chi connectivity index (χ1v) is 7.23. The van der Waals surface area contributed by atoms with Gasteiger partial charge in [-0.05, 0) is 24.3 Å². The largest absolute Gasteiger partial charge is 0.456 e. The highest BCUT2D eigenvalue weighted by atomic mass is 16.3. The molecule has 0 aliphatic carbocycles. The second-order valence-corrected chi connectivity index (χ2v) is 5.25. The summed E-state index contributed by atoms with van der Waals surface area (Å²) in [6.07, 6.45) is 1.35. The summed E-state index contributed by atoms with van der Waals surface area (Å²) < 4.78 is 7.15. The van der Waals surface area contributed by atoms with Gasteiger partial charge in [0.15, 0.2) is 0 Å². The molecule has 0 spiro atoms. The minimum absolute atomic E-state index is 0.0277. The van der Waals surface area contributed by atoms with Crippen molar-refractivity contribution in [2.45, 2.75) is 6.54 Å². The topological polar surface area (TPSA) is 96.7 Å². The molecule has 116 valence electrons. The van der Waals surface area contributed by atoms with Crippen LogP contribution in [-0.4, -0.2) is 20.7 Å². The van der Waals surface area contributed by atoms with E-state index in [1.807, 2.05) is 42.5 Å². The van der Waals surface area contributed by atoms with Crippen molar-refractivity contribution in [1.82, 2.24) is 14.8 Å². The van der Waals surface area contributed by atoms with Crippen LogP contribution < -0.4 is 5.32 Å². The normalized spacial score (nSPS) is 10.8. The highest BCUT2D eigenvalue weighted by Crippen LogP contribution is 2.30. The van der Waals surface area contributed by atoms with Crippen LogP contribution in [0.1, 0.15) is 5.82 Å². The number of amides is 1. The van der Waals surface area contributed by atoms with E-state index in [9.17, 15) is 4.79 Å². The lowest BCUT2D eigenvalue weighted by atomic mass is 10.1. The molecule has 0 saturated heterocycles. The molecular formula is C17H11N5O2. The van der Waals surface area contributed by atoms with Gasteiger partial charge in [0.2, 0.25) is 11.7 Å². The molecule has 0 unspecified atom stereocenters. The van der Waals surface area contributed by atoms with Gasteiger partial charge in [-0.15, -0.1) is 10.2 Å². The van der Waals surface area contributed by atoms with Crippen LogP contribution in [0.4, 0.5) is 5.69 Å². The number of fused-ring (bicyclic) bond motifs is 3. The molecule has 2 heterocycles. The number of nitrogens with zero attached hydrogens (tertiary/aromatic N) is 4. The van der Waals surface area contributed by atoms with E-state index in [0.717, 1.165) is 21.9 Å². The molecule has 7 nitrogen and oxygen atoms in total. The summed E-state index contributed by atoms with van der Waals surface area (Å²) >= 11 is 0. The maximum Gasteiger partial charge on any atom is 0.244 e. The summed E-state index contributed by atoms with van der Waals surface area (Å²) in [5.74, 6) is -0.167. The zero-order valence-corrected chi connectivity index (χ0v) is 12.4. The smallest absolute Gasteiger partial charge is 0.244 e. The van der Waals surface area contributed by atoms with Crippen LogP contribution in [0.3, 0.4) is 0 Å². The zero-order valence-electron chi connectivity index (χ0n) is 12.4. The molecule has 7 heteroatoms. The van der Waals surface area contributed by atoms with Gasteiger partial charge >= 0.3 is 0 Å². The molecule has 0 fully saturated rings. The molecule has 0 bridgehead atoms. The molecular weight excluding hydrogens is 306 g/mol. The molecule has 2 aromatic carbocycles. The molecule has 4 aromatic rings. The average Bonchev–Trinajstić information content (AvgIpc) is 3.18. The molecule has 0 atom stereocenters. The Bertz CT molecular complexity index is 1100. The van der Waals surface area contributed by atoms with Crippen molar-refractivity contribution in [3.8, 4) is 6.07 Å². The van der Waals surface area contributed by atoms with Crippen LogP contribution in [0.5, 0.6) is 0 Å². The summed E-state index contributed by atoms with van der Waals surface area (Å²) in [6.45, 7) is -0.0277. The van der Waals surface area contributed by atoms with Crippen molar-refractivity contribution in [2.75, 3.05) is 5.32 Å². The number of nitriles is 1. The highest BCUT2D eigenvalue weighted by molar-refractivity contribution is 6.06. The van der Waals surface area contributed by atoms with Gasteiger partial charge in [0.05, 0.1) is 0 Å². The van der Waals surface area contributed by atoms with Crippen molar-refractivity contribution in [2.24, 2.45) is 0 Å². The SMILES string of the molecule is N#Cc1nncn1CC(=O)Nc1ccc2oc3ccccc3c2c1. The van der Waals surface area contributed by atoms with Gasteiger partial charge in [0.1, 0.15) is 30.1 Å². The third-order valence-corrected chi connectivity index (χ3v) is 3.69. The van der Waals surface area contributed by atoms with Crippen molar-refractivity contribution >= 4 is 33.5 Å². The van der Waals surface area contributed by atoms with Crippen LogP contribution in [0, 0.1) is 11.3 Å². The van der Waals surface area contributed by atoms with Gasteiger partial charge in [-0.2, -0.15) is 5.26 Å². The second-order valence-electron chi connectivity index (χ2n) is 5.25. The van der Waals surface area contributed by atoms with Crippen molar-refractivity contribution in [3.05, 3.63) is 54.6 Å². The molecule has 1 amide bonds. The minimum atomic E-state index is -0.265. The number of nitrogens with one attached hydrogen (secondary N) is 1. The number of para-hydroxylation sites is 1. The molecule has 0 saturated carbocycles. The molecule has 2 aromatic heterocycles. The number of carbonyl (C=O) groups excluding carboxylic acids is 1. The van der Waals surface area contributed by atoms with Crippen LogP contribution in [0.2, 0.25) is 0 Å². The Kier molecular flexibility index (Phi) is 3.21. The number of anilines is 1. The van der Waals surface area contributed by atoms with Crippen LogP contribution in [0.25, 0.3) is 21.9 Å². The number of aromatic nitrogens is 3. The number of hydrogen-bond acceptors (Lipinski definition) is 5. The van der Waals surface area contributed by atoms with E-state index in [2.05, 4.69) is 15.5 Å². The lowest BCUT2D eigenvalue weighted by Gasteiger charge is -2.06. The van der Waals surface area contributed by atoms with Gasteiger partial charge in [0, 0.05) is 16.5 Å². The summed E-state index contributed by atoms with van der Waals surface area (Å²) in [4.78, 5) is 12.2. The summed E-state index contributed by atoms with van der Waals surface area (Å²) in [7, 11) is 0. The third kappa shape index (κ3) is 2.36. The van der Waals surface area contributed by atoms with Crippen LogP contribution in [-0.2, 0) is 11.3 Å². The van der Waals surface area contributed by atoms with Gasteiger partial charge in [-0.25, -0.2) is 0 Å². The average molecular weight is 317 g/mol. The quantitative estimate of drug-likeness (QED) is 0.626. The van der Waals surface area contributed by atoms with Gasteiger partial charge < -0.3 is 9.73 Å². The Morgan fingerprint density at radius 3 is 2.92 bits per heavy atom. The zero-order chi connectivity index (χ0) is 16.5. The van der Waals surface area contributed by atoms with E-state index in [0.29, 0.717) is 5.69 Å². The molecule has 0 radical (unpaired) electrons. The first-order valence-electron chi connectivity index (χ1n) is 7.23. The summed E-state index contributed by atoms with van der Waals surface area (Å²) in [5.41, 5.74) is 2.23. The van der Waals surface area contributed by atoms with Crippen molar-refractivity contribution in [1.29, 1.82) is 5.26 Å². The Hall–Kier alpha value is -3.66. The molecule has 0 aliphatic heterocycles. The molecule has 1 N–H and O–H groups in total. The molecule has 0 aliphatic rings. The predicted molar refractivity (Wildman–Crippen MR) is 87.1 cm³/mol. The first-order chi connectivity index (χ1) is 11.7. The predicted octanol–water partition coefficient (Wildman–Crippen LogP) is 2.69. The fraction of sp³-hybridized carbons (Fsp3) is 0.0588. The fourth-order valence-corrected chi connectivity index (χ4v) is 2.62. The maximum absolute atomic E-state index is 12.2. The fourth-order valence-electron chi connectivity index (χ4n) is 2.62. The van der Waals surface area contributed by atoms with E-state index in [-0.39, 0.29) is 18.3 Å². The van der Waals surface area contributed by atoms with Gasteiger partial charge in [-0.1, -0.05) is 18.2 Å². The Balaban J connectivity index is 1.61. The van der Waals surface area contributed by atoms with Crippen molar-refractivity contribution in [3.63, 3.8) is 0 Å². The standard InChI is InChI=1S/C17H11N5O2/c18-8-16-21-19-10-22(16)9-17(23)20-11-5-6-15-13(7-11)12-3-1-2-4-14(12)24-15/h1-7,10H,9H2,(H,20,23). The number of furan rings is 1. The monoisotopic (exact) mass is 317 g/mol. The van der Waals surface area contributed by atoms with Crippen LogP contribution >= 0.6 is 0 Å². The van der Waals surface area contributed by atoms with E-state index in [1.54, 1.807) is 6.07 Å². The van der Waals surface area contributed by atoms with Crippen LogP contribution in [0.15, 0.2) is 53.2 Å². The highest BCUT2D eigenvalue weighted by Gasteiger charge is 2.11. The molecule has 4 rings (SSSR count). The number of benzene rings is 2. The number of hydrogen-bond donors (Lipinski definition) is 1. The molecule has 24 heavy (non-hydrogen) atoms. The lowest BCUT2D eigenvalue weighted by Crippen LogP contribution is -2.19. The number of carbonyl (C=O) groups is 1. The van der Waals surface area contributed by atoms with Crippen molar-refractivity contribution < 1.29 is 9.21 Å². The van der Waals surface area contributed by atoms with E-state index in [1.165, 1.54) is 10.9 Å². The Morgan fingerprint density at radius 1 is 1.21 bits per heavy atom. The van der Waals surface area contributed by atoms with Gasteiger partial charge in [-0.3, -0.25) is 9.36 Å². The second kappa shape index (κ2) is 5.52. The van der Waals surface area contributed by atoms with Gasteiger partial charge in [0.25, 0.3) is 0 Å². The first kappa shape index (κ1) is 14.0. The summed E-state index contributed by atoms with van der Waals surface area (Å²) in [6, 6.07) is 15.1. The third-order valence-electron chi connectivity index (χ3n) is 3.69. The lowest BCUT2D eigenvalue weighted by molar-refractivity contribution is -0.116. The van der Waals surface area contributed by atoms with E-state index in [4.69, 9.17) is 9.68 Å². The number of rotatable bonds is 3. The van der Waals surface area contributed by atoms with E-state index < -0.39 is 0 Å². The minimum Gasteiger partial charge on any atom is -0.456 e.